The Balaban J connectivity index is 2.28. The number of carbonyl (C=O) groups excluding carboxylic acids is 1. The van der Waals surface area contributed by atoms with Crippen LogP contribution in [0.1, 0.15) is 13.8 Å². The lowest BCUT2D eigenvalue weighted by Crippen LogP contribution is -1.97. The third kappa shape index (κ3) is 2.94. The highest BCUT2D eigenvalue weighted by molar-refractivity contribution is 5.89. The summed E-state index contributed by atoms with van der Waals surface area (Å²) in [6, 6.07) is 14.4. The highest BCUT2D eigenvalue weighted by Gasteiger charge is 1.97. The molecule has 0 saturated heterocycles. The van der Waals surface area contributed by atoms with Crippen LogP contribution in [-0.4, -0.2) is 5.78 Å². The zero-order valence-corrected chi connectivity index (χ0v) is 10.0. The van der Waals surface area contributed by atoms with Gasteiger partial charge < -0.3 is 5.32 Å². The van der Waals surface area contributed by atoms with Crippen LogP contribution in [0, 0.1) is 0 Å². The third-order valence-electron chi connectivity index (χ3n) is 2.51. The second-order valence-corrected chi connectivity index (χ2v) is 4.12. The molecule has 0 aromatic heterocycles. The van der Waals surface area contributed by atoms with Crippen molar-refractivity contribution in [3.63, 3.8) is 0 Å². The molecule has 0 amide bonds. The van der Waals surface area contributed by atoms with Crippen LogP contribution < -0.4 is 5.32 Å². The van der Waals surface area contributed by atoms with Crippen molar-refractivity contribution in [3.8, 4) is 0 Å². The van der Waals surface area contributed by atoms with Crippen LogP contribution >= 0.6 is 0 Å². The summed E-state index contributed by atoms with van der Waals surface area (Å²) >= 11 is 0. The Morgan fingerprint density at radius 2 is 1.76 bits per heavy atom. The van der Waals surface area contributed by atoms with Crippen molar-refractivity contribution in [2.75, 3.05) is 5.32 Å². The van der Waals surface area contributed by atoms with Crippen LogP contribution in [0.2, 0.25) is 0 Å². The molecule has 0 saturated carbocycles. The first-order valence-corrected chi connectivity index (χ1v) is 5.60. The molecule has 0 radical (unpaired) electrons. The van der Waals surface area contributed by atoms with Gasteiger partial charge in [-0.05, 0) is 42.8 Å². The first-order chi connectivity index (χ1) is 8.15. The molecule has 0 bridgehead atoms. The lowest BCUT2D eigenvalue weighted by Gasteiger charge is -2.07. The fraction of sp³-hybridized carbons (Fsp3) is 0.133. The zero-order chi connectivity index (χ0) is 12.3. The Labute approximate surface area is 101 Å². The second-order valence-electron chi connectivity index (χ2n) is 4.12. The summed E-state index contributed by atoms with van der Waals surface area (Å²) in [5.41, 5.74) is 1.85. The summed E-state index contributed by atoms with van der Waals surface area (Å²) in [6.07, 6.45) is 1.59. The van der Waals surface area contributed by atoms with Gasteiger partial charge in [-0.3, -0.25) is 4.79 Å². The number of carbonyl (C=O) groups is 1. The minimum Gasteiger partial charge on any atom is -0.359 e. The summed E-state index contributed by atoms with van der Waals surface area (Å²) < 4.78 is 0. The van der Waals surface area contributed by atoms with Gasteiger partial charge in [0.05, 0.1) is 0 Å². The monoisotopic (exact) mass is 225 g/mol. The van der Waals surface area contributed by atoms with Crippen molar-refractivity contribution < 1.29 is 4.79 Å². The molecule has 0 fully saturated rings. The first kappa shape index (κ1) is 11.4. The molecule has 1 N–H and O–H groups in total. The summed E-state index contributed by atoms with van der Waals surface area (Å²) in [7, 11) is 0. The van der Waals surface area contributed by atoms with E-state index in [0.717, 1.165) is 11.4 Å². The maximum Gasteiger partial charge on any atom is 0.154 e. The predicted octanol–water partition coefficient (Wildman–Crippen LogP) is 3.74. The zero-order valence-electron chi connectivity index (χ0n) is 10.0. The Kier molecular flexibility index (Phi) is 3.24. The molecule has 2 heteroatoms. The Bertz CT molecular complexity index is 584. The topological polar surface area (TPSA) is 29.1 Å². The van der Waals surface area contributed by atoms with Crippen LogP contribution in [0.3, 0.4) is 0 Å². The van der Waals surface area contributed by atoms with E-state index in [1.807, 2.05) is 25.1 Å². The van der Waals surface area contributed by atoms with E-state index >= 15 is 0 Å². The molecular formula is C15H15NO. The van der Waals surface area contributed by atoms with Gasteiger partial charge in [0, 0.05) is 11.4 Å². The molecule has 2 aromatic carbocycles. The Morgan fingerprint density at radius 3 is 2.47 bits per heavy atom. The molecule has 2 rings (SSSR count). The van der Waals surface area contributed by atoms with Crippen LogP contribution in [-0.2, 0) is 4.79 Å². The fourth-order valence-electron chi connectivity index (χ4n) is 1.84. The van der Waals surface area contributed by atoms with E-state index in [1.54, 1.807) is 13.0 Å². The van der Waals surface area contributed by atoms with E-state index in [2.05, 4.69) is 29.6 Å². The summed E-state index contributed by atoms with van der Waals surface area (Å²) in [5.74, 6) is 0.0517. The van der Waals surface area contributed by atoms with E-state index in [0.29, 0.717) is 0 Å². The SMILES string of the molecule is CC(=O)C=C(C)Nc1ccc2ccccc2c1. The van der Waals surface area contributed by atoms with Gasteiger partial charge >= 0.3 is 0 Å². The van der Waals surface area contributed by atoms with Crippen molar-refractivity contribution in [1.29, 1.82) is 0 Å². The number of hydrogen-bond donors (Lipinski definition) is 1. The first-order valence-electron chi connectivity index (χ1n) is 5.60. The van der Waals surface area contributed by atoms with Gasteiger partial charge in [0.2, 0.25) is 0 Å². The largest absolute Gasteiger partial charge is 0.359 e. The van der Waals surface area contributed by atoms with E-state index in [4.69, 9.17) is 0 Å². The van der Waals surface area contributed by atoms with Gasteiger partial charge in [-0.2, -0.15) is 0 Å². The van der Waals surface area contributed by atoms with Crippen molar-refractivity contribution in [1.82, 2.24) is 0 Å². The summed E-state index contributed by atoms with van der Waals surface area (Å²) in [4.78, 5) is 10.9. The van der Waals surface area contributed by atoms with E-state index < -0.39 is 0 Å². The van der Waals surface area contributed by atoms with E-state index in [1.165, 1.54) is 10.8 Å². The number of allylic oxidation sites excluding steroid dienone is 2. The molecular weight excluding hydrogens is 210 g/mol. The average Bonchev–Trinajstić information content (AvgIpc) is 2.27. The molecule has 2 nitrogen and oxygen atoms in total. The number of fused-ring (bicyclic) bond motifs is 1. The van der Waals surface area contributed by atoms with Crippen molar-refractivity contribution >= 4 is 22.2 Å². The average molecular weight is 225 g/mol. The number of nitrogens with one attached hydrogen (secondary N) is 1. The molecule has 17 heavy (non-hydrogen) atoms. The highest BCUT2D eigenvalue weighted by atomic mass is 16.1. The predicted molar refractivity (Wildman–Crippen MR) is 72.0 cm³/mol. The van der Waals surface area contributed by atoms with E-state index in [9.17, 15) is 4.79 Å². The number of rotatable bonds is 3. The van der Waals surface area contributed by atoms with Crippen LogP contribution in [0.5, 0.6) is 0 Å². The number of anilines is 1. The molecule has 0 spiro atoms. The fourth-order valence-corrected chi connectivity index (χ4v) is 1.84. The van der Waals surface area contributed by atoms with Crippen LogP contribution in [0.4, 0.5) is 5.69 Å². The maximum absolute atomic E-state index is 10.9. The minimum atomic E-state index is 0.0517. The van der Waals surface area contributed by atoms with E-state index in [-0.39, 0.29) is 5.78 Å². The lowest BCUT2D eigenvalue weighted by molar-refractivity contribution is -0.112. The normalized spacial score (nSPS) is 11.5. The standard InChI is InChI=1S/C15H15NO/c1-11(9-12(2)17)16-15-8-7-13-5-3-4-6-14(13)10-15/h3-10,16H,1-2H3. The molecule has 0 aliphatic rings. The molecule has 0 heterocycles. The molecule has 86 valence electrons. The van der Waals surface area contributed by atoms with Crippen LogP contribution in [0.25, 0.3) is 10.8 Å². The van der Waals surface area contributed by atoms with Gasteiger partial charge in [0.15, 0.2) is 5.78 Å². The quantitative estimate of drug-likeness (QED) is 0.806. The molecule has 2 aromatic rings. The summed E-state index contributed by atoms with van der Waals surface area (Å²) in [6.45, 7) is 3.43. The van der Waals surface area contributed by atoms with Crippen LogP contribution in [0.15, 0.2) is 54.2 Å². The van der Waals surface area contributed by atoms with Gasteiger partial charge in [-0.1, -0.05) is 30.3 Å². The highest BCUT2D eigenvalue weighted by Crippen LogP contribution is 2.19. The summed E-state index contributed by atoms with van der Waals surface area (Å²) in [5, 5.41) is 5.61. The van der Waals surface area contributed by atoms with Crippen molar-refractivity contribution in [2.45, 2.75) is 13.8 Å². The van der Waals surface area contributed by atoms with Gasteiger partial charge in [-0.25, -0.2) is 0 Å². The smallest absolute Gasteiger partial charge is 0.154 e. The second kappa shape index (κ2) is 4.83. The third-order valence-corrected chi connectivity index (χ3v) is 2.51. The number of hydrogen-bond acceptors (Lipinski definition) is 2. The molecule has 0 aliphatic heterocycles. The van der Waals surface area contributed by atoms with Crippen molar-refractivity contribution in [3.05, 3.63) is 54.2 Å². The van der Waals surface area contributed by atoms with Gasteiger partial charge in [0.1, 0.15) is 0 Å². The minimum absolute atomic E-state index is 0.0517. The number of benzene rings is 2. The maximum atomic E-state index is 10.9. The molecule has 0 atom stereocenters. The van der Waals surface area contributed by atoms with Crippen molar-refractivity contribution in [2.24, 2.45) is 0 Å². The molecule has 0 unspecified atom stereocenters. The Hall–Kier alpha value is -2.09. The molecule has 0 aliphatic carbocycles. The van der Waals surface area contributed by atoms with Gasteiger partial charge in [-0.15, -0.1) is 0 Å². The van der Waals surface area contributed by atoms with Gasteiger partial charge in [0.25, 0.3) is 0 Å². The Morgan fingerprint density at radius 1 is 1.06 bits per heavy atom. The lowest BCUT2D eigenvalue weighted by atomic mass is 10.1. The number of ketones is 1.